The van der Waals surface area contributed by atoms with Gasteiger partial charge in [-0.05, 0) is 43.2 Å². The van der Waals surface area contributed by atoms with E-state index >= 15 is 0 Å². The number of nitrogens with zero attached hydrogens (tertiary/aromatic N) is 1. The quantitative estimate of drug-likeness (QED) is 0.882. The van der Waals surface area contributed by atoms with Gasteiger partial charge >= 0.3 is 12.0 Å². The second kappa shape index (κ2) is 6.38. The number of hydrogen-bond acceptors (Lipinski definition) is 2. The summed E-state index contributed by atoms with van der Waals surface area (Å²) in [6.07, 6.45) is 4.49. The Morgan fingerprint density at radius 2 is 2.00 bits per heavy atom. The number of piperidine rings is 1. The zero-order valence-corrected chi connectivity index (χ0v) is 12.6. The van der Waals surface area contributed by atoms with Gasteiger partial charge in [0.1, 0.15) is 0 Å². The molecule has 3 rings (SSSR count). The minimum absolute atomic E-state index is 0.0441. The predicted octanol–water partition coefficient (Wildman–Crippen LogP) is 2.57. The molecule has 1 aliphatic carbocycles. The molecule has 1 aromatic carbocycles. The molecular formula is C17H22N2O3. The monoisotopic (exact) mass is 302 g/mol. The van der Waals surface area contributed by atoms with Crippen LogP contribution in [0.25, 0.3) is 0 Å². The topological polar surface area (TPSA) is 69.6 Å². The van der Waals surface area contributed by atoms with Crippen molar-refractivity contribution >= 4 is 12.0 Å². The van der Waals surface area contributed by atoms with E-state index < -0.39 is 11.9 Å². The lowest BCUT2D eigenvalue weighted by atomic mass is 9.88. The van der Waals surface area contributed by atoms with E-state index in [1.807, 2.05) is 12.1 Å². The Morgan fingerprint density at radius 1 is 1.18 bits per heavy atom. The summed E-state index contributed by atoms with van der Waals surface area (Å²) >= 11 is 0. The first kappa shape index (κ1) is 14.9. The maximum Gasteiger partial charge on any atom is 0.317 e. The van der Waals surface area contributed by atoms with Crippen molar-refractivity contribution in [2.45, 2.75) is 38.1 Å². The van der Waals surface area contributed by atoms with E-state index in [2.05, 4.69) is 17.4 Å². The van der Waals surface area contributed by atoms with E-state index in [4.69, 9.17) is 5.11 Å². The number of likely N-dealkylation sites (tertiary alicyclic amines) is 1. The number of carbonyl (C=O) groups excluding carboxylic acids is 1. The largest absolute Gasteiger partial charge is 0.481 e. The Hall–Kier alpha value is -2.04. The van der Waals surface area contributed by atoms with Crippen LogP contribution in [0.15, 0.2) is 24.3 Å². The fraction of sp³-hybridized carbons (Fsp3) is 0.529. The number of fused-ring (bicyclic) bond motifs is 1. The highest BCUT2D eigenvalue weighted by Gasteiger charge is 2.30. The molecule has 2 atom stereocenters. The van der Waals surface area contributed by atoms with Gasteiger partial charge < -0.3 is 15.3 Å². The summed E-state index contributed by atoms with van der Waals surface area (Å²) in [6, 6.07) is 8.15. The Kier molecular flexibility index (Phi) is 4.32. The number of carboxylic acids is 1. The molecule has 5 nitrogen and oxygen atoms in total. The first-order chi connectivity index (χ1) is 10.6. The van der Waals surface area contributed by atoms with Gasteiger partial charge in [0.15, 0.2) is 0 Å². The number of aryl methyl sites for hydroxylation is 1. The van der Waals surface area contributed by atoms with Gasteiger partial charge in [0.2, 0.25) is 0 Å². The molecule has 2 aliphatic rings. The molecule has 0 bridgehead atoms. The van der Waals surface area contributed by atoms with Crippen LogP contribution in [0.3, 0.4) is 0 Å². The normalized spacial score (nSPS) is 24.5. The van der Waals surface area contributed by atoms with Crippen LogP contribution < -0.4 is 5.32 Å². The molecule has 1 heterocycles. The van der Waals surface area contributed by atoms with Crippen molar-refractivity contribution in [3.8, 4) is 0 Å². The third-order valence-corrected chi connectivity index (χ3v) is 4.72. The summed E-state index contributed by atoms with van der Waals surface area (Å²) in [5.74, 6) is -1.24. The van der Waals surface area contributed by atoms with Crippen molar-refractivity contribution in [1.82, 2.24) is 10.2 Å². The van der Waals surface area contributed by atoms with Crippen molar-refractivity contribution in [2.75, 3.05) is 13.1 Å². The molecular weight excluding hydrogens is 280 g/mol. The molecule has 1 aliphatic heterocycles. The number of benzene rings is 1. The molecule has 0 spiro atoms. The molecule has 1 saturated heterocycles. The lowest BCUT2D eigenvalue weighted by Gasteiger charge is -2.33. The second-order valence-corrected chi connectivity index (χ2v) is 6.22. The Labute approximate surface area is 130 Å². The smallest absolute Gasteiger partial charge is 0.317 e. The molecule has 2 amide bonds. The van der Waals surface area contributed by atoms with Crippen LogP contribution in [0.5, 0.6) is 0 Å². The second-order valence-electron chi connectivity index (χ2n) is 6.22. The molecule has 2 unspecified atom stereocenters. The van der Waals surface area contributed by atoms with E-state index in [1.165, 1.54) is 11.1 Å². The number of aliphatic carboxylic acids is 1. The van der Waals surface area contributed by atoms with E-state index in [1.54, 1.807) is 4.90 Å². The summed E-state index contributed by atoms with van der Waals surface area (Å²) < 4.78 is 0. The summed E-state index contributed by atoms with van der Waals surface area (Å²) in [5.41, 5.74) is 2.51. The van der Waals surface area contributed by atoms with Gasteiger partial charge in [-0.2, -0.15) is 0 Å². The van der Waals surface area contributed by atoms with Gasteiger partial charge in [-0.15, -0.1) is 0 Å². The van der Waals surface area contributed by atoms with Gasteiger partial charge in [0, 0.05) is 13.1 Å². The van der Waals surface area contributed by atoms with Crippen molar-refractivity contribution in [1.29, 1.82) is 0 Å². The Morgan fingerprint density at radius 3 is 2.82 bits per heavy atom. The number of rotatable bonds is 2. The number of amides is 2. The number of carbonyl (C=O) groups is 2. The molecule has 1 fully saturated rings. The van der Waals surface area contributed by atoms with Gasteiger partial charge in [-0.3, -0.25) is 4.79 Å². The standard InChI is InChI=1S/C17H22N2O3/c20-16(21)13-7-4-10-19(11-13)17(22)18-15-9-3-6-12-5-1-2-8-14(12)15/h1-2,5,8,13,15H,3-4,6-7,9-11H2,(H,18,22)(H,20,21). The zero-order chi connectivity index (χ0) is 15.5. The first-order valence-corrected chi connectivity index (χ1v) is 8.01. The lowest BCUT2D eigenvalue weighted by molar-refractivity contribution is -0.143. The fourth-order valence-corrected chi connectivity index (χ4v) is 3.51. The maximum atomic E-state index is 12.5. The predicted molar refractivity (Wildman–Crippen MR) is 82.6 cm³/mol. The molecule has 118 valence electrons. The number of hydrogen-bond donors (Lipinski definition) is 2. The summed E-state index contributed by atoms with van der Waals surface area (Å²) in [6.45, 7) is 0.958. The molecule has 0 saturated carbocycles. The SMILES string of the molecule is O=C(O)C1CCCN(C(=O)NC2CCCc3ccccc32)C1. The highest BCUT2D eigenvalue weighted by molar-refractivity contribution is 5.77. The summed E-state index contributed by atoms with van der Waals surface area (Å²) in [5, 5.41) is 12.2. The summed E-state index contributed by atoms with van der Waals surface area (Å²) in [7, 11) is 0. The maximum absolute atomic E-state index is 12.5. The molecule has 0 radical (unpaired) electrons. The van der Waals surface area contributed by atoms with Crippen molar-refractivity contribution < 1.29 is 14.7 Å². The van der Waals surface area contributed by atoms with Gasteiger partial charge in [-0.1, -0.05) is 24.3 Å². The fourth-order valence-electron chi connectivity index (χ4n) is 3.51. The number of carboxylic acid groups (broad SMARTS) is 1. The van der Waals surface area contributed by atoms with E-state index in [0.717, 1.165) is 25.7 Å². The Bertz CT molecular complexity index is 573. The van der Waals surface area contributed by atoms with Crippen LogP contribution in [0, 0.1) is 5.92 Å². The van der Waals surface area contributed by atoms with Crippen LogP contribution in [-0.4, -0.2) is 35.1 Å². The number of urea groups is 1. The van der Waals surface area contributed by atoms with Crippen molar-refractivity contribution in [2.24, 2.45) is 5.92 Å². The van der Waals surface area contributed by atoms with Crippen LogP contribution >= 0.6 is 0 Å². The van der Waals surface area contributed by atoms with Crippen LogP contribution in [-0.2, 0) is 11.2 Å². The zero-order valence-electron chi connectivity index (χ0n) is 12.6. The van der Waals surface area contributed by atoms with E-state index in [9.17, 15) is 9.59 Å². The van der Waals surface area contributed by atoms with Crippen molar-refractivity contribution in [3.63, 3.8) is 0 Å². The highest BCUT2D eigenvalue weighted by atomic mass is 16.4. The van der Waals surface area contributed by atoms with E-state index in [-0.39, 0.29) is 12.1 Å². The molecule has 1 aromatic rings. The number of nitrogens with one attached hydrogen (secondary N) is 1. The lowest BCUT2D eigenvalue weighted by Crippen LogP contribution is -2.48. The summed E-state index contributed by atoms with van der Waals surface area (Å²) in [4.78, 5) is 25.2. The Balaban J connectivity index is 1.66. The van der Waals surface area contributed by atoms with Crippen molar-refractivity contribution in [3.05, 3.63) is 35.4 Å². The molecule has 0 aromatic heterocycles. The third kappa shape index (κ3) is 3.08. The average molecular weight is 302 g/mol. The minimum atomic E-state index is -0.805. The molecule has 5 heteroatoms. The molecule has 2 N–H and O–H groups in total. The van der Waals surface area contributed by atoms with Crippen LogP contribution in [0.1, 0.15) is 42.9 Å². The van der Waals surface area contributed by atoms with Gasteiger partial charge in [0.25, 0.3) is 0 Å². The first-order valence-electron chi connectivity index (χ1n) is 8.01. The third-order valence-electron chi connectivity index (χ3n) is 4.72. The molecule has 22 heavy (non-hydrogen) atoms. The van der Waals surface area contributed by atoms with E-state index in [0.29, 0.717) is 19.5 Å². The van der Waals surface area contributed by atoms with Crippen LogP contribution in [0.2, 0.25) is 0 Å². The highest BCUT2D eigenvalue weighted by Crippen LogP contribution is 2.29. The average Bonchev–Trinajstić information content (AvgIpc) is 2.55. The van der Waals surface area contributed by atoms with Crippen LogP contribution in [0.4, 0.5) is 4.79 Å². The van der Waals surface area contributed by atoms with Gasteiger partial charge in [0.05, 0.1) is 12.0 Å². The minimum Gasteiger partial charge on any atom is -0.481 e. The van der Waals surface area contributed by atoms with Gasteiger partial charge in [-0.25, -0.2) is 4.79 Å².